The van der Waals surface area contributed by atoms with E-state index in [9.17, 15) is 22.4 Å². The fourth-order valence-electron chi connectivity index (χ4n) is 2.17. The summed E-state index contributed by atoms with van der Waals surface area (Å²) in [5.74, 6) is -4.77. The number of carbonyl (C=O) groups is 1. The first-order valence-electron chi connectivity index (χ1n) is 6.79. The lowest BCUT2D eigenvalue weighted by Gasteiger charge is -2.03. The van der Waals surface area contributed by atoms with Gasteiger partial charge in [0, 0.05) is 12.3 Å². The van der Waals surface area contributed by atoms with Crippen molar-refractivity contribution in [2.75, 3.05) is 0 Å². The number of benzene rings is 1. The summed E-state index contributed by atoms with van der Waals surface area (Å²) in [6, 6.07) is 5.13. The maximum absolute atomic E-state index is 13.6. The molecule has 0 radical (unpaired) electrons. The molecule has 0 saturated heterocycles. The van der Waals surface area contributed by atoms with Crippen LogP contribution in [0, 0.1) is 23.3 Å². The van der Waals surface area contributed by atoms with E-state index in [1.807, 2.05) is 0 Å². The third-order valence-corrected chi connectivity index (χ3v) is 3.23. The number of Topliss-reactive ketones (excluding diaryl/α,β-unsaturated/α-hetero) is 1. The lowest BCUT2D eigenvalue weighted by Crippen LogP contribution is -2.10. The van der Waals surface area contributed by atoms with Gasteiger partial charge in [0.25, 0.3) is 0 Å². The van der Waals surface area contributed by atoms with Gasteiger partial charge in [-0.1, -0.05) is 6.07 Å². The summed E-state index contributed by atoms with van der Waals surface area (Å²) in [5.41, 5.74) is -0.494. The number of ketones is 1. The fourth-order valence-corrected chi connectivity index (χ4v) is 2.17. The molecule has 0 saturated carbocycles. The second-order valence-corrected chi connectivity index (χ2v) is 4.91. The van der Waals surface area contributed by atoms with Crippen LogP contribution in [0.5, 0.6) is 0 Å². The molecule has 3 rings (SSSR count). The summed E-state index contributed by atoms with van der Waals surface area (Å²) >= 11 is 0. The third-order valence-electron chi connectivity index (χ3n) is 3.23. The van der Waals surface area contributed by atoms with Crippen LogP contribution >= 0.6 is 0 Å². The minimum Gasteiger partial charge on any atom is -0.294 e. The molecule has 0 N–H and O–H groups in total. The van der Waals surface area contributed by atoms with Gasteiger partial charge in [-0.05, 0) is 18.2 Å². The topological polar surface area (TPSA) is 47.8 Å². The monoisotopic (exact) mass is 335 g/mol. The van der Waals surface area contributed by atoms with E-state index in [1.165, 1.54) is 12.3 Å². The molecule has 0 aliphatic heterocycles. The van der Waals surface area contributed by atoms with Crippen molar-refractivity contribution in [3.63, 3.8) is 0 Å². The Hall–Kier alpha value is -3.03. The van der Waals surface area contributed by atoms with Crippen molar-refractivity contribution in [1.82, 2.24) is 14.8 Å². The van der Waals surface area contributed by atoms with Crippen LogP contribution in [-0.4, -0.2) is 20.5 Å². The maximum Gasteiger partial charge on any atom is 0.189 e. The molecule has 8 heteroatoms. The van der Waals surface area contributed by atoms with Crippen LogP contribution in [0.4, 0.5) is 17.6 Å². The zero-order chi connectivity index (χ0) is 17.3. The highest BCUT2D eigenvalue weighted by Crippen LogP contribution is 2.16. The van der Waals surface area contributed by atoms with Gasteiger partial charge in [0.1, 0.15) is 17.5 Å². The van der Waals surface area contributed by atoms with Gasteiger partial charge >= 0.3 is 0 Å². The van der Waals surface area contributed by atoms with Gasteiger partial charge in [0.2, 0.25) is 0 Å². The lowest BCUT2D eigenvalue weighted by molar-refractivity contribution is 0.0983. The molecule has 0 fully saturated rings. The summed E-state index contributed by atoms with van der Waals surface area (Å²) in [6.45, 7) is 0. The zero-order valence-electron chi connectivity index (χ0n) is 12.0. The largest absolute Gasteiger partial charge is 0.294 e. The summed E-state index contributed by atoms with van der Waals surface area (Å²) in [6.07, 6.45) is 1.75. The first-order chi connectivity index (χ1) is 11.5. The van der Waals surface area contributed by atoms with Gasteiger partial charge in [-0.25, -0.2) is 27.2 Å². The van der Waals surface area contributed by atoms with Crippen molar-refractivity contribution in [1.29, 1.82) is 0 Å². The number of nitrogens with zero attached hydrogens (tertiary/aromatic N) is 3. The predicted octanol–water partition coefficient (Wildman–Crippen LogP) is 3.25. The molecule has 0 amide bonds. The maximum atomic E-state index is 13.6. The quantitative estimate of drug-likeness (QED) is 0.543. The second-order valence-electron chi connectivity index (χ2n) is 4.91. The molecule has 4 nitrogen and oxygen atoms in total. The Balaban J connectivity index is 1.85. The second kappa shape index (κ2) is 6.23. The highest BCUT2D eigenvalue weighted by molar-refractivity contribution is 5.97. The van der Waals surface area contributed by atoms with E-state index in [4.69, 9.17) is 0 Å². The van der Waals surface area contributed by atoms with Crippen molar-refractivity contribution in [3.8, 4) is 5.82 Å². The van der Waals surface area contributed by atoms with E-state index in [0.29, 0.717) is 6.07 Å². The molecule has 0 atom stereocenters. The molecule has 122 valence electrons. The van der Waals surface area contributed by atoms with Crippen molar-refractivity contribution >= 4 is 5.78 Å². The summed E-state index contributed by atoms with van der Waals surface area (Å²) in [5, 5.41) is 3.92. The molecule has 1 aromatic carbocycles. The van der Waals surface area contributed by atoms with E-state index in [0.717, 1.165) is 29.1 Å². The Morgan fingerprint density at radius 1 is 1.04 bits per heavy atom. The van der Waals surface area contributed by atoms with E-state index < -0.39 is 34.6 Å². The lowest BCUT2D eigenvalue weighted by atomic mass is 10.1. The number of pyridine rings is 1. The van der Waals surface area contributed by atoms with Crippen LogP contribution in [0.25, 0.3) is 5.82 Å². The molecule has 0 unspecified atom stereocenters. The Morgan fingerprint density at radius 2 is 1.75 bits per heavy atom. The smallest absolute Gasteiger partial charge is 0.189 e. The molecule has 3 aromatic rings. The number of aromatic nitrogens is 3. The van der Waals surface area contributed by atoms with Crippen LogP contribution in [-0.2, 0) is 6.42 Å². The molecule has 2 aromatic heterocycles. The summed E-state index contributed by atoms with van der Waals surface area (Å²) in [4.78, 5) is 15.6. The molecular weight excluding hydrogens is 326 g/mol. The minimum absolute atomic E-state index is 0.160. The van der Waals surface area contributed by atoms with Crippen LogP contribution in [0.15, 0.2) is 42.7 Å². The molecule has 2 heterocycles. The molecule has 0 aliphatic rings. The van der Waals surface area contributed by atoms with E-state index in [2.05, 4.69) is 10.1 Å². The Bertz CT molecular complexity index is 903. The number of halogens is 4. The number of rotatable bonds is 4. The molecule has 0 aliphatic carbocycles. The Kier molecular flexibility index (Phi) is 4.11. The normalized spacial score (nSPS) is 10.8. The third kappa shape index (κ3) is 3.03. The standard InChI is InChI=1S/C16H9F4N3O/c17-9-6-13(20)16(21-8-9)23-5-4-10(22-23)7-14(24)15-11(18)2-1-3-12(15)19/h1-6,8H,7H2. The van der Waals surface area contributed by atoms with Crippen LogP contribution in [0.2, 0.25) is 0 Å². The molecule has 0 spiro atoms. The number of hydrogen-bond donors (Lipinski definition) is 0. The van der Waals surface area contributed by atoms with E-state index >= 15 is 0 Å². The van der Waals surface area contributed by atoms with Crippen LogP contribution in [0.3, 0.4) is 0 Å². The van der Waals surface area contributed by atoms with Crippen molar-refractivity contribution < 1.29 is 22.4 Å². The first kappa shape index (κ1) is 15.9. The van der Waals surface area contributed by atoms with Gasteiger partial charge in [-0.2, -0.15) is 5.10 Å². The van der Waals surface area contributed by atoms with Crippen molar-refractivity contribution in [2.24, 2.45) is 0 Å². The van der Waals surface area contributed by atoms with Gasteiger partial charge in [0.05, 0.1) is 23.9 Å². The van der Waals surface area contributed by atoms with Gasteiger partial charge < -0.3 is 0 Å². The minimum atomic E-state index is -0.967. The summed E-state index contributed by atoms with van der Waals surface area (Å²) < 4.78 is 54.7. The summed E-state index contributed by atoms with van der Waals surface area (Å²) in [7, 11) is 0. The van der Waals surface area contributed by atoms with E-state index in [-0.39, 0.29) is 17.9 Å². The van der Waals surface area contributed by atoms with Crippen molar-refractivity contribution in [2.45, 2.75) is 6.42 Å². The SMILES string of the molecule is O=C(Cc1ccn(-c2ncc(F)cc2F)n1)c1c(F)cccc1F. The average Bonchev–Trinajstić information content (AvgIpc) is 2.95. The van der Waals surface area contributed by atoms with E-state index in [1.54, 1.807) is 0 Å². The molecule has 0 bridgehead atoms. The predicted molar refractivity (Wildman–Crippen MR) is 75.7 cm³/mol. The number of carbonyl (C=O) groups excluding carboxylic acids is 1. The van der Waals surface area contributed by atoms with Gasteiger partial charge in [0.15, 0.2) is 17.4 Å². The van der Waals surface area contributed by atoms with Gasteiger partial charge in [-0.3, -0.25) is 4.79 Å². The molecular formula is C16H9F4N3O. The van der Waals surface area contributed by atoms with Crippen LogP contribution < -0.4 is 0 Å². The fraction of sp³-hybridized carbons (Fsp3) is 0.0625. The Morgan fingerprint density at radius 3 is 2.42 bits per heavy atom. The van der Waals surface area contributed by atoms with Gasteiger partial charge in [-0.15, -0.1) is 0 Å². The average molecular weight is 335 g/mol. The van der Waals surface area contributed by atoms with Crippen LogP contribution in [0.1, 0.15) is 16.1 Å². The first-order valence-corrected chi connectivity index (χ1v) is 6.79. The highest BCUT2D eigenvalue weighted by atomic mass is 19.1. The molecule has 24 heavy (non-hydrogen) atoms. The zero-order valence-corrected chi connectivity index (χ0v) is 12.0. The van der Waals surface area contributed by atoms with Crippen molar-refractivity contribution in [3.05, 3.63) is 77.3 Å². The highest BCUT2D eigenvalue weighted by Gasteiger charge is 2.19. The Labute approximate surface area is 133 Å². The number of hydrogen-bond acceptors (Lipinski definition) is 3.